The van der Waals surface area contributed by atoms with Gasteiger partial charge in [-0.2, -0.15) is 0 Å². The summed E-state index contributed by atoms with van der Waals surface area (Å²) in [6, 6.07) is 0. The molecule has 1 aliphatic carbocycles. The van der Waals surface area contributed by atoms with Crippen molar-refractivity contribution in [2.75, 3.05) is 14.2 Å². The monoisotopic (exact) mass is 285 g/mol. The fourth-order valence-electron chi connectivity index (χ4n) is 2.58. The van der Waals surface area contributed by atoms with Gasteiger partial charge in [-0.3, -0.25) is 14.4 Å². The van der Waals surface area contributed by atoms with Crippen molar-refractivity contribution in [3.8, 4) is 0 Å². The van der Waals surface area contributed by atoms with Crippen LogP contribution in [0.2, 0.25) is 0 Å². The molecule has 0 aromatic carbocycles. The summed E-state index contributed by atoms with van der Waals surface area (Å²) in [4.78, 5) is 28.7. The van der Waals surface area contributed by atoms with Crippen LogP contribution < -0.4 is 0 Å². The van der Waals surface area contributed by atoms with Gasteiger partial charge in [0.05, 0.1) is 7.11 Å². The number of hydrogen-bond acceptors (Lipinski definition) is 4. The number of esters is 1. The summed E-state index contributed by atoms with van der Waals surface area (Å²) in [6.45, 7) is 5.63. The number of rotatable bonds is 4. The van der Waals surface area contributed by atoms with E-state index in [1.54, 1.807) is 7.05 Å². The molecule has 1 saturated carbocycles. The number of amides is 1. The highest BCUT2D eigenvalue weighted by molar-refractivity contribution is 5.77. The van der Waals surface area contributed by atoms with Crippen LogP contribution in [-0.4, -0.2) is 36.7 Å². The third-order valence-electron chi connectivity index (χ3n) is 3.66. The number of carbonyl (C=O) groups is 2. The fraction of sp³-hybridized carbons (Fsp3) is 0.867. The zero-order valence-electron chi connectivity index (χ0n) is 13.3. The summed E-state index contributed by atoms with van der Waals surface area (Å²) in [5.74, 6) is 0.251. The number of hydroxylamine groups is 2. The Bertz CT molecular complexity index is 340. The first-order valence-corrected chi connectivity index (χ1v) is 7.26. The van der Waals surface area contributed by atoms with Gasteiger partial charge in [0.1, 0.15) is 5.60 Å². The van der Waals surface area contributed by atoms with Gasteiger partial charge < -0.3 is 4.74 Å². The van der Waals surface area contributed by atoms with E-state index in [1.165, 1.54) is 12.2 Å². The molecule has 0 saturated heterocycles. The van der Waals surface area contributed by atoms with Crippen molar-refractivity contribution >= 4 is 11.9 Å². The van der Waals surface area contributed by atoms with Crippen molar-refractivity contribution in [3.05, 3.63) is 0 Å². The summed E-state index contributed by atoms with van der Waals surface area (Å²) in [5.41, 5.74) is -0.425. The van der Waals surface area contributed by atoms with Crippen LogP contribution in [-0.2, 0) is 19.2 Å². The maximum absolute atomic E-state index is 12.0. The molecule has 0 aromatic heterocycles. The molecule has 1 rings (SSSR count). The lowest BCUT2D eigenvalue weighted by molar-refractivity contribution is -0.174. The van der Waals surface area contributed by atoms with E-state index in [4.69, 9.17) is 9.57 Å². The molecule has 0 spiro atoms. The van der Waals surface area contributed by atoms with E-state index < -0.39 is 5.60 Å². The van der Waals surface area contributed by atoms with E-state index in [9.17, 15) is 9.59 Å². The van der Waals surface area contributed by atoms with Gasteiger partial charge in [-0.05, 0) is 52.4 Å². The van der Waals surface area contributed by atoms with Gasteiger partial charge >= 0.3 is 5.97 Å². The Morgan fingerprint density at radius 2 is 1.70 bits per heavy atom. The van der Waals surface area contributed by atoms with Gasteiger partial charge in [0, 0.05) is 19.4 Å². The highest BCUT2D eigenvalue weighted by atomic mass is 16.7. The van der Waals surface area contributed by atoms with E-state index in [0.717, 1.165) is 25.7 Å². The van der Waals surface area contributed by atoms with Gasteiger partial charge in [-0.15, -0.1) is 0 Å². The molecule has 0 N–H and O–H groups in total. The molecule has 0 aliphatic heterocycles. The number of nitrogens with zero attached hydrogens (tertiary/aromatic N) is 1. The van der Waals surface area contributed by atoms with E-state index >= 15 is 0 Å². The van der Waals surface area contributed by atoms with Crippen molar-refractivity contribution < 1.29 is 19.2 Å². The zero-order valence-corrected chi connectivity index (χ0v) is 13.3. The second-order valence-corrected chi connectivity index (χ2v) is 6.53. The first-order chi connectivity index (χ1) is 9.23. The van der Waals surface area contributed by atoms with E-state index in [2.05, 4.69) is 0 Å². The van der Waals surface area contributed by atoms with Crippen LogP contribution in [0.5, 0.6) is 0 Å². The average Bonchev–Trinajstić information content (AvgIpc) is 2.35. The number of ether oxygens (including phenoxy) is 1. The molecule has 1 aliphatic rings. The van der Waals surface area contributed by atoms with Gasteiger partial charge in [0.2, 0.25) is 5.91 Å². The molecular formula is C15H27NO4. The van der Waals surface area contributed by atoms with Crippen LogP contribution in [0.3, 0.4) is 0 Å². The number of hydrogen-bond donors (Lipinski definition) is 0. The standard InChI is InChI=1S/C15H27NO4/c1-15(2,3)20-13(17)10-11-6-8-12(9-7-11)14(18)16(4)19-5/h11-12H,6-10H2,1-5H3. The van der Waals surface area contributed by atoms with E-state index in [-0.39, 0.29) is 17.8 Å². The second-order valence-electron chi connectivity index (χ2n) is 6.53. The van der Waals surface area contributed by atoms with Crippen LogP contribution in [0.1, 0.15) is 52.9 Å². The van der Waals surface area contributed by atoms with Crippen LogP contribution in [0, 0.1) is 11.8 Å². The third-order valence-corrected chi connectivity index (χ3v) is 3.66. The average molecular weight is 285 g/mol. The Hall–Kier alpha value is -1.10. The second kappa shape index (κ2) is 7.07. The highest BCUT2D eigenvalue weighted by Crippen LogP contribution is 2.32. The molecule has 0 bridgehead atoms. The van der Waals surface area contributed by atoms with Gasteiger partial charge in [0.25, 0.3) is 0 Å². The lowest BCUT2D eigenvalue weighted by Crippen LogP contribution is -2.34. The SMILES string of the molecule is CON(C)C(=O)C1CCC(CC(=O)OC(C)(C)C)CC1. The Labute approximate surface area is 121 Å². The molecule has 116 valence electrons. The molecule has 1 fully saturated rings. The maximum Gasteiger partial charge on any atom is 0.306 e. The maximum atomic E-state index is 12.0. The summed E-state index contributed by atoms with van der Waals surface area (Å²) >= 11 is 0. The lowest BCUT2D eigenvalue weighted by atomic mass is 9.80. The minimum absolute atomic E-state index is 0.0230. The molecule has 0 unspecified atom stereocenters. The molecule has 5 heteroatoms. The highest BCUT2D eigenvalue weighted by Gasteiger charge is 2.30. The predicted molar refractivity (Wildman–Crippen MR) is 75.7 cm³/mol. The van der Waals surface area contributed by atoms with Gasteiger partial charge in [-0.25, -0.2) is 5.06 Å². The minimum atomic E-state index is -0.425. The molecule has 0 radical (unpaired) electrons. The molecule has 0 aromatic rings. The quantitative estimate of drug-likeness (QED) is 0.588. The largest absolute Gasteiger partial charge is 0.460 e. The normalized spacial score (nSPS) is 23.2. The van der Waals surface area contributed by atoms with Crippen molar-refractivity contribution in [2.45, 2.75) is 58.5 Å². The zero-order chi connectivity index (χ0) is 15.3. The minimum Gasteiger partial charge on any atom is -0.460 e. The van der Waals surface area contributed by atoms with Gasteiger partial charge in [-0.1, -0.05) is 0 Å². The van der Waals surface area contributed by atoms with Crippen molar-refractivity contribution in [3.63, 3.8) is 0 Å². The van der Waals surface area contributed by atoms with Crippen molar-refractivity contribution in [2.24, 2.45) is 11.8 Å². The Kier molecular flexibility index (Phi) is 5.99. The smallest absolute Gasteiger partial charge is 0.306 e. The van der Waals surface area contributed by atoms with Crippen LogP contribution in [0.25, 0.3) is 0 Å². The van der Waals surface area contributed by atoms with E-state index in [0.29, 0.717) is 12.3 Å². The van der Waals surface area contributed by atoms with Crippen LogP contribution in [0.15, 0.2) is 0 Å². The fourth-order valence-corrected chi connectivity index (χ4v) is 2.58. The lowest BCUT2D eigenvalue weighted by Gasteiger charge is -2.30. The summed E-state index contributed by atoms with van der Waals surface area (Å²) < 4.78 is 5.34. The molecule has 1 amide bonds. The summed E-state index contributed by atoms with van der Waals surface area (Å²) in [7, 11) is 3.13. The van der Waals surface area contributed by atoms with E-state index in [1.807, 2.05) is 20.8 Å². The van der Waals surface area contributed by atoms with Crippen molar-refractivity contribution in [1.29, 1.82) is 0 Å². The molecular weight excluding hydrogens is 258 g/mol. The summed E-state index contributed by atoms with van der Waals surface area (Å²) in [6.07, 6.45) is 3.89. The Morgan fingerprint density at radius 1 is 1.15 bits per heavy atom. The first kappa shape index (κ1) is 17.0. The summed E-state index contributed by atoms with van der Waals surface area (Å²) in [5, 5.41) is 1.29. The molecule has 0 heterocycles. The molecule has 20 heavy (non-hydrogen) atoms. The Balaban J connectivity index is 2.36. The van der Waals surface area contributed by atoms with Crippen molar-refractivity contribution in [1.82, 2.24) is 5.06 Å². The topological polar surface area (TPSA) is 55.8 Å². The molecule has 0 atom stereocenters. The first-order valence-electron chi connectivity index (χ1n) is 7.26. The number of carbonyl (C=O) groups excluding carboxylic acids is 2. The Morgan fingerprint density at radius 3 is 2.15 bits per heavy atom. The third kappa shape index (κ3) is 5.49. The van der Waals surface area contributed by atoms with Crippen LogP contribution >= 0.6 is 0 Å². The predicted octanol–water partition coefficient (Wildman–Crippen LogP) is 2.54. The van der Waals surface area contributed by atoms with Crippen LogP contribution in [0.4, 0.5) is 0 Å². The van der Waals surface area contributed by atoms with Gasteiger partial charge in [0.15, 0.2) is 0 Å². The molecule has 5 nitrogen and oxygen atoms in total.